The molecule has 1 aromatic carbocycles. The fraction of sp³-hybridized carbons (Fsp3) is 0.214. The lowest BCUT2D eigenvalue weighted by Crippen LogP contribution is -2.41. The monoisotopic (exact) mass is 288 g/mol. The number of nitrogen functional groups attached to an aromatic ring is 1. The van der Waals surface area contributed by atoms with E-state index < -0.39 is 17.0 Å². The van der Waals surface area contributed by atoms with E-state index in [1.165, 1.54) is 24.0 Å². The van der Waals surface area contributed by atoms with E-state index in [-0.39, 0.29) is 6.54 Å². The number of anilines is 2. The van der Waals surface area contributed by atoms with Crippen LogP contribution in [0.4, 0.5) is 11.4 Å². The molecule has 1 amide bonds. The molecule has 21 heavy (non-hydrogen) atoms. The van der Waals surface area contributed by atoms with Crippen molar-refractivity contribution >= 4 is 17.3 Å². The molecule has 0 saturated heterocycles. The molecule has 0 aliphatic carbocycles. The number of carbonyl (C=O) groups excluding carboxylic acids is 1. The van der Waals surface area contributed by atoms with Crippen LogP contribution in [0.25, 0.3) is 0 Å². The Bertz CT molecular complexity index is 805. The number of rotatable bonds is 3. The summed E-state index contributed by atoms with van der Waals surface area (Å²) < 4.78 is 2.24. The molecule has 0 unspecified atom stereocenters. The molecule has 1 aromatic heterocycles. The van der Waals surface area contributed by atoms with Crippen LogP contribution in [0.1, 0.15) is 5.56 Å². The van der Waals surface area contributed by atoms with Crippen molar-refractivity contribution in [3.63, 3.8) is 0 Å². The molecule has 0 spiro atoms. The first-order valence-corrected chi connectivity index (χ1v) is 6.30. The molecular weight excluding hydrogens is 272 g/mol. The van der Waals surface area contributed by atoms with Crippen LogP contribution in [0.2, 0.25) is 0 Å². The van der Waals surface area contributed by atoms with E-state index in [4.69, 9.17) is 5.73 Å². The van der Waals surface area contributed by atoms with Crippen LogP contribution < -0.4 is 22.2 Å². The van der Waals surface area contributed by atoms with Crippen molar-refractivity contribution in [1.82, 2.24) is 9.13 Å². The van der Waals surface area contributed by atoms with E-state index in [9.17, 15) is 14.4 Å². The van der Waals surface area contributed by atoms with Crippen LogP contribution in [0.15, 0.2) is 40.2 Å². The third-order valence-corrected chi connectivity index (χ3v) is 3.07. The third-order valence-electron chi connectivity index (χ3n) is 3.07. The topological polar surface area (TPSA) is 99.1 Å². The Hall–Kier alpha value is -2.83. The molecule has 2 aromatic rings. The van der Waals surface area contributed by atoms with Crippen LogP contribution in [-0.4, -0.2) is 15.0 Å². The average molecular weight is 288 g/mol. The molecular formula is C14H16N4O3. The molecule has 0 bridgehead atoms. The Balaban J connectivity index is 2.18. The zero-order chi connectivity index (χ0) is 15.6. The highest BCUT2D eigenvalue weighted by Gasteiger charge is 2.09. The summed E-state index contributed by atoms with van der Waals surface area (Å²) in [5, 5.41) is 2.68. The first-order valence-electron chi connectivity index (χ1n) is 6.30. The Morgan fingerprint density at radius 3 is 2.62 bits per heavy atom. The largest absolute Gasteiger partial charge is 0.399 e. The number of nitrogens with two attached hydrogens (primary N) is 1. The van der Waals surface area contributed by atoms with Gasteiger partial charge in [-0.1, -0.05) is 0 Å². The fourth-order valence-electron chi connectivity index (χ4n) is 1.89. The second kappa shape index (κ2) is 5.66. The summed E-state index contributed by atoms with van der Waals surface area (Å²) in [6.07, 6.45) is 2.84. The number of benzene rings is 1. The van der Waals surface area contributed by atoms with Crippen LogP contribution in [0.5, 0.6) is 0 Å². The summed E-state index contributed by atoms with van der Waals surface area (Å²) in [4.78, 5) is 35.2. The summed E-state index contributed by atoms with van der Waals surface area (Å²) in [6.45, 7) is 1.59. The van der Waals surface area contributed by atoms with Gasteiger partial charge in [-0.05, 0) is 30.7 Å². The number of aromatic nitrogens is 2. The molecule has 1 heterocycles. The maximum absolute atomic E-state index is 12.0. The molecule has 7 nitrogen and oxygen atoms in total. The Morgan fingerprint density at radius 1 is 1.24 bits per heavy atom. The summed E-state index contributed by atoms with van der Waals surface area (Å²) >= 11 is 0. The highest BCUT2D eigenvalue weighted by molar-refractivity contribution is 5.91. The Morgan fingerprint density at radius 2 is 1.95 bits per heavy atom. The lowest BCUT2D eigenvalue weighted by atomic mass is 10.2. The average Bonchev–Trinajstić information content (AvgIpc) is 2.43. The van der Waals surface area contributed by atoms with Gasteiger partial charge in [-0.3, -0.25) is 19.0 Å². The fourth-order valence-corrected chi connectivity index (χ4v) is 1.89. The van der Waals surface area contributed by atoms with Gasteiger partial charge in [-0.2, -0.15) is 0 Å². The van der Waals surface area contributed by atoms with Gasteiger partial charge < -0.3 is 15.6 Å². The predicted octanol–water partition coefficient (Wildman–Crippen LogP) is 0.0763. The van der Waals surface area contributed by atoms with Crippen LogP contribution in [-0.2, 0) is 18.4 Å². The molecule has 0 aliphatic heterocycles. The van der Waals surface area contributed by atoms with Crippen molar-refractivity contribution in [2.45, 2.75) is 13.5 Å². The van der Waals surface area contributed by atoms with E-state index in [0.717, 1.165) is 10.1 Å². The molecule has 0 atom stereocenters. The van der Waals surface area contributed by atoms with Crippen molar-refractivity contribution in [2.75, 3.05) is 11.1 Å². The van der Waals surface area contributed by atoms with E-state index in [2.05, 4.69) is 5.32 Å². The molecule has 0 fully saturated rings. The Labute approximate surface area is 120 Å². The predicted molar refractivity (Wildman–Crippen MR) is 80.2 cm³/mol. The van der Waals surface area contributed by atoms with Gasteiger partial charge in [0.1, 0.15) is 6.54 Å². The lowest BCUT2D eigenvalue weighted by molar-refractivity contribution is -0.116. The molecule has 0 saturated carbocycles. The maximum atomic E-state index is 12.0. The van der Waals surface area contributed by atoms with E-state index >= 15 is 0 Å². The van der Waals surface area contributed by atoms with Crippen molar-refractivity contribution < 1.29 is 4.79 Å². The summed E-state index contributed by atoms with van der Waals surface area (Å²) in [5.74, 6) is -0.391. The number of amides is 1. The van der Waals surface area contributed by atoms with Gasteiger partial charge >= 0.3 is 11.1 Å². The van der Waals surface area contributed by atoms with Gasteiger partial charge in [-0.25, -0.2) is 0 Å². The third kappa shape index (κ3) is 3.19. The number of hydrogen-bond donors (Lipinski definition) is 2. The summed E-state index contributed by atoms with van der Waals surface area (Å²) in [5.41, 5.74) is 6.27. The molecule has 0 aliphatic rings. The minimum Gasteiger partial charge on any atom is -0.399 e. The van der Waals surface area contributed by atoms with Crippen LogP contribution in [0.3, 0.4) is 0 Å². The number of hydrogen-bond acceptors (Lipinski definition) is 4. The highest BCUT2D eigenvalue weighted by Crippen LogP contribution is 2.17. The van der Waals surface area contributed by atoms with Gasteiger partial charge in [-0.15, -0.1) is 0 Å². The van der Waals surface area contributed by atoms with Crippen LogP contribution in [0, 0.1) is 6.92 Å². The van der Waals surface area contributed by atoms with Gasteiger partial charge in [0, 0.05) is 30.8 Å². The van der Waals surface area contributed by atoms with Gasteiger partial charge in [0.25, 0.3) is 0 Å². The second-order valence-corrected chi connectivity index (χ2v) is 4.77. The van der Waals surface area contributed by atoms with Crippen LogP contribution >= 0.6 is 0 Å². The van der Waals surface area contributed by atoms with E-state index in [1.54, 1.807) is 18.2 Å². The lowest BCUT2D eigenvalue weighted by Gasteiger charge is -2.10. The minimum absolute atomic E-state index is 0.223. The van der Waals surface area contributed by atoms with Gasteiger partial charge in [0.05, 0.1) is 0 Å². The molecule has 0 radical (unpaired) electrons. The zero-order valence-electron chi connectivity index (χ0n) is 11.8. The van der Waals surface area contributed by atoms with E-state index in [1.807, 2.05) is 6.92 Å². The first-order chi connectivity index (χ1) is 9.88. The summed E-state index contributed by atoms with van der Waals surface area (Å²) in [6, 6.07) is 5.10. The molecule has 110 valence electrons. The molecule has 2 rings (SSSR count). The van der Waals surface area contributed by atoms with Gasteiger partial charge in [0.2, 0.25) is 5.91 Å². The number of nitrogens with zero attached hydrogens (tertiary/aromatic N) is 2. The second-order valence-electron chi connectivity index (χ2n) is 4.77. The number of carbonyl (C=O) groups is 1. The normalized spacial score (nSPS) is 10.4. The van der Waals surface area contributed by atoms with Crippen molar-refractivity contribution in [1.29, 1.82) is 0 Å². The number of nitrogens with one attached hydrogen (secondary N) is 1. The Kier molecular flexibility index (Phi) is 3.93. The highest BCUT2D eigenvalue weighted by atomic mass is 16.2. The SMILES string of the molecule is Cc1cc(N)ccc1NC(=O)Cn1ccn(C)c(=O)c1=O. The maximum Gasteiger partial charge on any atom is 0.316 e. The molecule has 3 N–H and O–H groups in total. The first kappa shape index (κ1) is 14.6. The summed E-state index contributed by atoms with van der Waals surface area (Å²) in [7, 11) is 1.48. The molecule has 7 heteroatoms. The van der Waals surface area contributed by atoms with Crippen molar-refractivity contribution in [3.05, 3.63) is 56.9 Å². The minimum atomic E-state index is -0.732. The smallest absolute Gasteiger partial charge is 0.316 e. The van der Waals surface area contributed by atoms with Gasteiger partial charge in [0.15, 0.2) is 0 Å². The van der Waals surface area contributed by atoms with Crippen molar-refractivity contribution in [3.8, 4) is 0 Å². The zero-order valence-corrected chi connectivity index (χ0v) is 11.8. The number of aryl methyl sites for hydroxylation is 2. The standard InChI is InChI=1S/C14H16N4O3/c1-9-7-10(15)3-4-11(9)16-12(19)8-18-6-5-17(2)13(20)14(18)21/h3-7H,8,15H2,1-2H3,(H,16,19). The van der Waals surface area contributed by atoms with E-state index in [0.29, 0.717) is 11.4 Å². The quantitative estimate of drug-likeness (QED) is 0.617. The van der Waals surface area contributed by atoms with Crippen molar-refractivity contribution in [2.24, 2.45) is 7.05 Å².